The number of piperidine rings is 2. The highest BCUT2D eigenvalue weighted by Gasteiger charge is 2.32. The number of ether oxygens (including phenoxy) is 1. The fraction of sp³-hybridized carbons (Fsp3) is 0.727. The van der Waals surface area contributed by atoms with Gasteiger partial charge in [-0.25, -0.2) is 0 Å². The van der Waals surface area contributed by atoms with Crippen LogP contribution in [0.1, 0.15) is 37.7 Å². The molecule has 1 aromatic rings. The number of methoxy groups -OCH3 is 1. The standard InChI is InChI=1S/C22H36N4O2/c1-24(11-5-15-28-2)22(27)20-7-4-12-26(18-20)21-8-13-25(14-9-21)17-19-6-3-10-23-16-19/h3,6,10,16,20-21H,4-5,7-9,11-15,17-18H2,1-2H3. The molecule has 0 N–H and O–H groups in total. The van der Waals surface area contributed by atoms with Crippen LogP contribution in [0.4, 0.5) is 0 Å². The van der Waals surface area contributed by atoms with Crippen molar-refractivity contribution in [1.82, 2.24) is 19.7 Å². The largest absolute Gasteiger partial charge is 0.385 e. The molecule has 1 amide bonds. The second-order valence-corrected chi connectivity index (χ2v) is 8.31. The van der Waals surface area contributed by atoms with Crippen LogP contribution < -0.4 is 0 Å². The fourth-order valence-electron chi connectivity index (χ4n) is 4.60. The Hall–Kier alpha value is -1.50. The van der Waals surface area contributed by atoms with Crippen LogP contribution in [0.2, 0.25) is 0 Å². The summed E-state index contributed by atoms with van der Waals surface area (Å²) in [6.45, 7) is 6.83. The van der Waals surface area contributed by atoms with Gasteiger partial charge in [0, 0.05) is 58.8 Å². The van der Waals surface area contributed by atoms with E-state index >= 15 is 0 Å². The van der Waals surface area contributed by atoms with Crippen molar-refractivity contribution in [2.45, 2.75) is 44.7 Å². The van der Waals surface area contributed by atoms with E-state index in [-0.39, 0.29) is 5.92 Å². The lowest BCUT2D eigenvalue weighted by molar-refractivity contribution is -0.136. The van der Waals surface area contributed by atoms with E-state index < -0.39 is 0 Å². The van der Waals surface area contributed by atoms with Gasteiger partial charge in [0.15, 0.2) is 0 Å². The van der Waals surface area contributed by atoms with Crippen LogP contribution in [0.15, 0.2) is 24.5 Å². The number of amides is 1. The second kappa shape index (κ2) is 10.9. The van der Waals surface area contributed by atoms with Crippen LogP contribution in [0.5, 0.6) is 0 Å². The lowest BCUT2D eigenvalue weighted by Crippen LogP contribution is -2.50. The number of carbonyl (C=O) groups is 1. The summed E-state index contributed by atoms with van der Waals surface area (Å²) in [5, 5.41) is 0. The first-order chi connectivity index (χ1) is 13.7. The van der Waals surface area contributed by atoms with Gasteiger partial charge in [0.1, 0.15) is 0 Å². The van der Waals surface area contributed by atoms with E-state index in [4.69, 9.17) is 4.74 Å². The maximum Gasteiger partial charge on any atom is 0.226 e. The Morgan fingerprint density at radius 2 is 2.11 bits per heavy atom. The minimum absolute atomic E-state index is 0.162. The molecule has 0 aromatic carbocycles. The average molecular weight is 389 g/mol. The molecule has 2 saturated heterocycles. The minimum atomic E-state index is 0.162. The summed E-state index contributed by atoms with van der Waals surface area (Å²) in [6.07, 6.45) is 9.27. The smallest absolute Gasteiger partial charge is 0.226 e. The molecule has 6 nitrogen and oxygen atoms in total. The molecule has 0 saturated carbocycles. The van der Waals surface area contributed by atoms with Crippen LogP contribution in [0.25, 0.3) is 0 Å². The molecule has 1 unspecified atom stereocenters. The summed E-state index contributed by atoms with van der Waals surface area (Å²) in [7, 11) is 3.65. The van der Waals surface area contributed by atoms with Crippen molar-refractivity contribution in [2.75, 3.05) is 53.5 Å². The van der Waals surface area contributed by atoms with E-state index in [1.807, 2.05) is 30.4 Å². The van der Waals surface area contributed by atoms with Crippen LogP contribution >= 0.6 is 0 Å². The van der Waals surface area contributed by atoms with Gasteiger partial charge in [0.25, 0.3) is 0 Å². The molecule has 1 aromatic heterocycles. The lowest BCUT2D eigenvalue weighted by Gasteiger charge is -2.42. The van der Waals surface area contributed by atoms with Crippen LogP contribution in [-0.2, 0) is 16.1 Å². The van der Waals surface area contributed by atoms with Gasteiger partial charge in [0.05, 0.1) is 5.92 Å². The van der Waals surface area contributed by atoms with Crippen molar-refractivity contribution in [1.29, 1.82) is 0 Å². The lowest BCUT2D eigenvalue weighted by atomic mass is 9.93. The van der Waals surface area contributed by atoms with Crippen molar-refractivity contribution in [3.05, 3.63) is 30.1 Å². The third-order valence-electron chi connectivity index (χ3n) is 6.22. The first kappa shape index (κ1) is 21.2. The topological polar surface area (TPSA) is 48.9 Å². The molecule has 156 valence electrons. The molecule has 2 aliphatic rings. The molecule has 0 aliphatic carbocycles. The third kappa shape index (κ3) is 6.00. The molecule has 6 heteroatoms. The summed E-state index contributed by atoms with van der Waals surface area (Å²) in [5.41, 5.74) is 1.29. The first-order valence-electron chi connectivity index (χ1n) is 10.8. The van der Waals surface area contributed by atoms with Gasteiger partial charge in [-0.2, -0.15) is 0 Å². The number of pyridine rings is 1. The molecular weight excluding hydrogens is 352 g/mol. The average Bonchev–Trinajstić information content (AvgIpc) is 2.74. The zero-order chi connectivity index (χ0) is 19.8. The van der Waals surface area contributed by atoms with Crippen LogP contribution in [0, 0.1) is 5.92 Å². The fourth-order valence-corrected chi connectivity index (χ4v) is 4.60. The van der Waals surface area contributed by atoms with Gasteiger partial charge >= 0.3 is 0 Å². The number of hydrogen-bond acceptors (Lipinski definition) is 5. The van der Waals surface area contributed by atoms with Gasteiger partial charge in [0.2, 0.25) is 5.91 Å². The number of aromatic nitrogens is 1. The molecule has 0 bridgehead atoms. The predicted octanol–water partition coefficient (Wildman–Crippen LogP) is 2.25. The number of hydrogen-bond donors (Lipinski definition) is 0. The van der Waals surface area contributed by atoms with Crippen molar-refractivity contribution in [2.24, 2.45) is 5.92 Å². The Balaban J connectivity index is 1.44. The van der Waals surface area contributed by atoms with Crippen LogP contribution in [-0.4, -0.2) is 85.1 Å². The van der Waals surface area contributed by atoms with Gasteiger partial charge in [-0.05, 0) is 63.4 Å². The zero-order valence-corrected chi connectivity index (χ0v) is 17.6. The molecule has 3 heterocycles. The SMILES string of the molecule is COCCCN(C)C(=O)C1CCCN(C2CCN(Cc3cccnc3)CC2)C1. The number of carbonyl (C=O) groups excluding carboxylic acids is 1. The monoisotopic (exact) mass is 388 g/mol. The van der Waals surface area contributed by atoms with Crippen molar-refractivity contribution in [3.63, 3.8) is 0 Å². The highest BCUT2D eigenvalue weighted by molar-refractivity contribution is 5.78. The molecule has 0 spiro atoms. The van der Waals surface area contributed by atoms with Gasteiger partial charge < -0.3 is 9.64 Å². The van der Waals surface area contributed by atoms with Crippen molar-refractivity contribution in [3.8, 4) is 0 Å². The first-order valence-corrected chi connectivity index (χ1v) is 10.8. The Morgan fingerprint density at radius 1 is 1.29 bits per heavy atom. The zero-order valence-electron chi connectivity index (χ0n) is 17.6. The molecule has 1 atom stereocenters. The normalized spacial score (nSPS) is 22.3. The van der Waals surface area contributed by atoms with Crippen molar-refractivity contribution >= 4 is 5.91 Å². The number of rotatable bonds is 8. The Morgan fingerprint density at radius 3 is 2.82 bits per heavy atom. The van der Waals surface area contributed by atoms with Gasteiger partial charge in [-0.3, -0.25) is 19.6 Å². The molecular formula is C22H36N4O2. The maximum absolute atomic E-state index is 12.8. The summed E-state index contributed by atoms with van der Waals surface area (Å²) >= 11 is 0. The molecule has 2 fully saturated rings. The molecule has 2 aliphatic heterocycles. The Kier molecular flexibility index (Phi) is 8.25. The summed E-state index contributed by atoms with van der Waals surface area (Å²) in [5.74, 6) is 0.476. The minimum Gasteiger partial charge on any atom is -0.385 e. The molecule has 3 rings (SSSR count). The molecule has 28 heavy (non-hydrogen) atoms. The number of nitrogens with zero attached hydrogens (tertiary/aromatic N) is 4. The van der Waals surface area contributed by atoms with Gasteiger partial charge in [-0.15, -0.1) is 0 Å². The van der Waals surface area contributed by atoms with E-state index in [1.165, 1.54) is 18.4 Å². The Bertz CT molecular complexity index is 589. The van der Waals surface area contributed by atoms with Gasteiger partial charge in [-0.1, -0.05) is 6.07 Å². The summed E-state index contributed by atoms with van der Waals surface area (Å²) < 4.78 is 5.11. The van der Waals surface area contributed by atoms with E-state index in [2.05, 4.69) is 20.9 Å². The predicted molar refractivity (Wildman–Crippen MR) is 111 cm³/mol. The third-order valence-corrected chi connectivity index (χ3v) is 6.22. The second-order valence-electron chi connectivity index (χ2n) is 8.31. The highest BCUT2D eigenvalue weighted by Crippen LogP contribution is 2.25. The maximum atomic E-state index is 12.8. The van der Waals surface area contributed by atoms with Crippen molar-refractivity contribution < 1.29 is 9.53 Å². The summed E-state index contributed by atoms with van der Waals surface area (Å²) in [4.78, 5) is 24.1. The van der Waals surface area contributed by atoms with E-state index in [1.54, 1.807) is 7.11 Å². The quantitative estimate of drug-likeness (QED) is 0.640. The summed E-state index contributed by atoms with van der Waals surface area (Å²) in [6, 6.07) is 4.79. The van der Waals surface area contributed by atoms with Crippen LogP contribution in [0.3, 0.4) is 0 Å². The number of likely N-dealkylation sites (tertiary alicyclic amines) is 2. The Labute approximate surface area is 169 Å². The van der Waals surface area contributed by atoms with E-state index in [9.17, 15) is 4.79 Å². The highest BCUT2D eigenvalue weighted by atomic mass is 16.5. The molecule has 0 radical (unpaired) electrons. The van der Waals surface area contributed by atoms with E-state index in [0.717, 1.165) is 58.5 Å². The van der Waals surface area contributed by atoms with E-state index in [0.29, 0.717) is 18.6 Å².